The van der Waals surface area contributed by atoms with E-state index in [4.69, 9.17) is 22.1 Å². The second-order valence-electron chi connectivity index (χ2n) is 4.00. The van der Waals surface area contributed by atoms with Gasteiger partial charge >= 0.3 is 0 Å². The Morgan fingerprint density at radius 1 is 1.58 bits per heavy atom. The summed E-state index contributed by atoms with van der Waals surface area (Å²) in [7, 11) is 3.08. The Morgan fingerprint density at radius 2 is 2.21 bits per heavy atom. The molecule has 0 saturated heterocycles. The quantitative estimate of drug-likeness (QED) is 0.902. The van der Waals surface area contributed by atoms with Gasteiger partial charge in [0.25, 0.3) is 0 Å². The summed E-state index contributed by atoms with van der Waals surface area (Å²) in [4.78, 5) is 13.2. The van der Waals surface area contributed by atoms with E-state index in [9.17, 15) is 9.18 Å². The summed E-state index contributed by atoms with van der Waals surface area (Å²) in [5, 5.41) is 0.0591. The fourth-order valence-corrected chi connectivity index (χ4v) is 1.64. The Bertz CT molecular complexity index is 432. The van der Waals surface area contributed by atoms with Crippen LogP contribution in [0.5, 0.6) is 0 Å². The molecule has 0 bridgehead atoms. The van der Waals surface area contributed by atoms with Gasteiger partial charge in [-0.1, -0.05) is 17.7 Å². The first kappa shape index (κ1) is 18.1. The number of hydrogen-bond donors (Lipinski definition) is 1. The normalized spacial score (nSPS) is 11.6. The van der Waals surface area contributed by atoms with Crippen molar-refractivity contribution in [1.29, 1.82) is 0 Å². The van der Waals surface area contributed by atoms with Gasteiger partial charge in [-0.15, -0.1) is 12.4 Å². The lowest BCUT2D eigenvalue weighted by Gasteiger charge is -2.21. The molecule has 1 atom stereocenters. The molecule has 0 aliphatic heterocycles. The number of nitrogens with two attached hydrogens (primary N) is 1. The maximum absolute atomic E-state index is 13.2. The summed E-state index contributed by atoms with van der Waals surface area (Å²) in [6.07, 6.45) is 0. The molecule has 19 heavy (non-hydrogen) atoms. The molecule has 1 unspecified atom stereocenters. The number of amides is 1. The SMILES string of the molecule is COCC(N)C(=O)N(C)Cc1ccc(Cl)c(F)c1.Cl. The average molecular weight is 311 g/mol. The molecule has 2 N–H and O–H groups in total. The maximum Gasteiger partial charge on any atom is 0.241 e. The highest BCUT2D eigenvalue weighted by atomic mass is 35.5. The number of ether oxygens (including phenoxy) is 1. The van der Waals surface area contributed by atoms with Crippen LogP contribution in [-0.4, -0.2) is 37.6 Å². The van der Waals surface area contributed by atoms with Gasteiger partial charge in [0.15, 0.2) is 0 Å². The molecule has 7 heteroatoms. The molecular weight excluding hydrogens is 294 g/mol. The van der Waals surface area contributed by atoms with E-state index in [0.717, 1.165) is 0 Å². The summed E-state index contributed by atoms with van der Waals surface area (Å²) in [5.41, 5.74) is 6.28. The Balaban J connectivity index is 0.00000324. The minimum atomic E-state index is -0.711. The second-order valence-corrected chi connectivity index (χ2v) is 4.41. The third kappa shape index (κ3) is 5.32. The predicted octanol–water partition coefficient (Wildman–Crippen LogP) is 1.83. The molecule has 0 aliphatic carbocycles. The number of carbonyl (C=O) groups excluding carboxylic acids is 1. The van der Waals surface area contributed by atoms with E-state index in [1.807, 2.05) is 0 Å². The zero-order valence-electron chi connectivity index (χ0n) is 10.7. The van der Waals surface area contributed by atoms with Crippen molar-refractivity contribution in [2.24, 2.45) is 5.73 Å². The van der Waals surface area contributed by atoms with Crippen LogP contribution in [-0.2, 0) is 16.1 Å². The lowest BCUT2D eigenvalue weighted by Crippen LogP contribution is -2.44. The van der Waals surface area contributed by atoms with Crippen molar-refractivity contribution >= 4 is 29.9 Å². The van der Waals surface area contributed by atoms with Crippen molar-refractivity contribution in [1.82, 2.24) is 4.90 Å². The van der Waals surface area contributed by atoms with E-state index in [0.29, 0.717) is 5.56 Å². The summed E-state index contributed by atoms with van der Waals surface area (Å²) in [6, 6.07) is 3.71. The number of rotatable bonds is 5. The van der Waals surface area contributed by atoms with Gasteiger partial charge in [-0.05, 0) is 17.7 Å². The standard InChI is InChI=1S/C12H16ClFN2O2.ClH/c1-16(12(17)11(15)7-18-2)6-8-3-4-9(13)10(14)5-8;/h3-5,11H,6-7,15H2,1-2H3;1H. The number of benzene rings is 1. The summed E-state index contributed by atoms with van der Waals surface area (Å²) < 4.78 is 18.0. The molecule has 0 saturated carbocycles. The van der Waals surface area contributed by atoms with Crippen LogP contribution in [0.2, 0.25) is 5.02 Å². The Morgan fingerprint density at radius 3 is 2.74 bits per heavy atom. The molecule has 0 fully saturated rings. The molecule has 1 aromatic carbocycles. The van der Waals surface area contributed by atoms with Gasteiger partial charge in [-0.2, -0.15) is 0 Å². The number of nitrogens with zero attached hydrogens (tertiary/aromatic N) is 1. The van der Waals surface area contributed by atoms with Crippen molar-refractivity contribution in [3.8, 4) is 0 Å². The van der Waals surface area contributed by atoms with Gasteiger partial charge in [-0.25, -0.2) is 4.39 Å². The van der Waals surface area contributed by atoms with Crippen LogP contribution in [0.25, 0.3) is 0 Å². The molecular formula is C12H17Cl2FN2O2. The van der Waals surface area contributed by atoms with E-state index < -0.39 is 11.9 Å². The molecule has 0 aliphatic rings. The minimum absolute atomic E-state index is 0. The highest BCUT2D eigenvalue weighted by molar-refractivity contribution is 6.30. The fourth-order valence-electron chi connectivity index (χ4n) is 1.52. The third-order valence-electron chi connectivity index (χ3n) is 2.44. The second kappa shape index (κ2) is 8.32. The number of hydrogen-bond acceptors (Lipinski definition) is 3. The minimum Gasteiger partial charge on any atom is -0.383 e. The zero-order chi connectivity index (χ0) is 13.7. The van der Waals surface area contributed by atoms with Gasteiger partial charge in [0.1, 0.15) is 11.9 Å². The molecule has 1 aromatic rings. The molecule has 108 valence electrons. The van der Waals surface area contributed by atoms with Crippen LogP contribution in [0.15, 0.2) is 18.2 Å². The van der Waals surface area contributed by atoms with Gasteiger partial charge in [0, 0.05) is 20.7 Å². The first-order chi connectivity index (χ1) is 8.45. The molecule has 1 amide bonds. The van der Waals surface area contributed by atoms with E-state index in [1.165, 1.54) is 24.1 Å². The number of halogens is 3. The summed E-state index contributed by atoms with van der Waals surface area (Å²) in [6.45, 7) is 0.419. The number of likely N-dealkylation sites (N-methyl/N-ethyl adjacent to an activating group) is 1. The van der Waals surface area contributed by atoms with Gasteiger partial charge in [0.2, 0.25) is 5.91 Å². The predicted molar refractivity (Wildman–Crippen MR) is 75.0 cm³/mol. The van der Waals surface area contributed by atoms with Gasteiger partial charge < -0.3 is 15.4 Å². The molecule has 0 heterocycles. The van der Waals surface area contributed by atoms with Crippen molar-refractivity contribution in [2.75, 3.05) is 20.8 Å². The summed E-state index contributed by atoms with van der Waals surface area (Å²) >= 11 is 5.58. The van der Waals surface area contributed by atoms with Crippen molar-refractivity contribution in [3.05, 3.63) is 34.6 Å². The molecule has 0 spiro atoms. The van der Waals surface area contributed by atoms with Crippen LogP contribution in [0.4, 0.5) is 4.39 Å². The van der Waals surface area contributed by atoms with E-state index in [1.54, 1.807) is 13.1 Å². The van der Waals surface area contributed by atoms with Crippen molar-refractivity contribution in [3.63, 3.8) is 0 Å². The number of methoxy groups -OCH3 is 1. The first-order valence-electron chi connectivity index (χ1n) is 5.39. The first-order valence-corrected chi connectivity index (χ1v) is 5.77. The smallest absolute Gasteiger partial charge is 0.241 e. The molecule has 0 aromatic heterocycles. The largest absolute Gasteiger partial charge is 0.383 e. The molecule has 0 radical (unpaired) electrons. The van der Waals surface area contributed by atoms with Crippen LogP contribution in [0.3, 0.4) is 0 Å². The van der Waals surface area contributed by atoms with Crippen molar-refractivity contribution in [2.45, 2.75) is 12.6 Å². The van der Waals surface area contributed by atoms with Gasteiger partial charge in [0.05, 0.1) is 11.6 Å². The van der Waals surface area contributed by atoms with Crippen molar-refractivity contribution < 1.29 is 13.9 Å². The van der Waals surface area contributed by atoms with Crippen LogP contribution in [0, 0.1) is 5.82 Å². The van der Waals surface area contributed by atoms with E-state index >= 15 is 0 Å². The summed E-state index contributed by atoms with van der Waals surface area (Å²) in [5.74, 6) is -0.761. The lowest BCUT2D eigenvalue weighted by atomic mass is 10.2. The van der Waals surface area contributed by atoms with Crippen LogP contribution >= 0.6 is 24.0 Å². The van der Waals surface area contributed by atoms with Crippen LogP contribution < -0.4 is 5.73 Å². The lowest BCUT2D eigenvalue weighted by molar-refractivity contribution is -0.132. The van der Waals surface area contributed by atoms with Gasteiger partial charge in [-0.3, -0.25) is 4.79 Å². The zero-order valence-corrected chi connectivity index (χ0v) is 12.3. The Labute approximate surface area is 123 Å². The topological polar surface area (TPSA) is 55.6 Å². The average Bonchev–Trinajstić information content (AvgIpc) is 2.33. The molecule has 1 rings (SSSR count). The fraction of sp³-hybridized carbons (Fsp3) is 0.417. The van der Waals surface area contributed by atoms with E-state index in [-0.39, 0.29) is 36.5 Å². The third-order valence-corrected chi connectivity index (χ3v) is 2.75. The Hall–Kier alpha value is -0.880. The molecule has 4 nitrogen and oxygen atoms in total. The highest BCUT2D eigenvalue weighted by Gasteiger charge is 2.18. The number of carbonyl (C=O) groups is 1. The van der Waals surface area contributed by atoms with E-state index in [2.05, 4.69) is 0 Å². The monoisotopic (exact) mass is 310 g/mol. The van der Waals surface area contributed by atoms with Crippen LogP contribution in [0.1, 0.15) is 5.56 Å². The highest BCUT2D eigenvalue weighted by Crippen LogP contribution is 2.16. The maximum atomic E-state index is 13.2. The Kier molecular flexibility index (Phi) is 7.94.